The molecule has 1 aromatic carbocycles. The van der Waals surface area contributed by atoms with Crippen LogP contribution < -0.4 is 16.6 Å². The third-order valence-electron chi connectivity index (χ3n) is 4.81. The molecule has 4 rings (SSSR count). The lowest BCUT2D eigenvalue weighted by Crippen LogP contribution is -2.43. The molecule has 128 valence electrons. The van der Waals surface area contributed by atoms with Gasteiger partial charge in [0.15, 0.2) is 0 Å². The van der Waals surface area contributed by atoms with Crippen LogP contribution in [0.15, 0.2) is 45.1 Å². The smallest absolute Gasteiger partial charge is 0.337 e. The molecule has 1 N–H and O–H groups in total. The van der Waals surface area contributed by atoms with Crippen molar-refractivity contribution in [2.24, 2.45) is 14.1 Å². The Morgan fingerprint density at radius 2 is 1.92 bits per heavy atom. The van der Waals surface area contributed by atoms with Crippen molar-refractivity contribution < 1.29 is 9.53 Å². The van der Waals surface area contributed by atoms with E-state index in [0.717, 1.165) is 15.7 Å². The maximum absolute atomic E-state index is 12.9. The predicted octanol–water partition coefficient (Wildman–Crippen LogP) is 0.761. The van der Waals surface area contributed by atoms with Gasteiger partial charge >= 0.3 is 11.7 Å². The van der Waals surface area contributed by atoms with Crippen LogP contribution in [-0.4, -0.2) is 21.7 Å². The fraction of sp³-hybridized carbons (Fsp3) is 0.278. The zero-order valence-electron chi connectivity index (χ0n) is 14.1. The fourth-order valence-electron chi connectivity index (χ4n) is 3.56. The second kappa shape index (κ2) is 5.20. The van der Waals surface area contributed by atoms with E-state index in [0.29, 0.717) is 22.7 Å². The van der Waals surface area contributed by atoms with Crippen molar-refractivity contribution in [2.75, 3.05) is 11.9 Å². The maximum Gasteiger partial charge on any atom is 0.337 e. The molecule has 25 heavy (non-hydrogen) atoms. The van der Waals surface area contributed by atoms with Gasteiger partial charge < -0.3 is 10.1 Å². The van der Waals surface area contributed by atoms with Gasteiger partial charge in [0, 0.05) is 14.1 Å². The van der Waals surface area contributed by atoms with Crippen LogP contribution in [0.25, 0.3) is 0 Å². The second-order valence-corrected chi connectivity index (χ2v) is 6.41. The molecule has 0 spiro atoms. The van der Waals surface area contributed by atoms with Gasteiger partial charge in [-0.1, -0.05) is 29.8 Å². The van der Waals surface area contributed by atoms with Crippen LogP contribution >= 0.6 is 0 Å². The van der Waals surface area contributed by atoms with Crippen molar-refractivity contribution >= 4 is 11.8 Å². The number of rotatable bonds is 1. The lowest BCUT2D eigenvalue weighted by atomic mass is 9.82. The zero-order chi connectivity index (χ0) is 17.9. The standard InChI is InChI=1S/C18H17N3O4/c1-9-5-4-6-10(7-9)12-13-11(8-25-17(13)23)19-15-14(12)16(22)21(3)18(24)20(15)2/h4-7,12,19H,8H2,1-3H3/t12-/m0/s1. The molecule has 2 aromatic rings. The molecule has 0 bridgehead atoms. The van der Waals surface area contributed by atoms with E-state index in [1.54, 1.807) is 7.05 Å². The van der Waals surface area contributed by atoms with Crippen molar-refractivity contribution in [3.8, 4) is 0 Å². The van der Waals surface area contributed by atoms with E-state index in [-0.39, 0.29) is 6.61 Å². The van der Waals surface area contributed by atoms with Crippen molar-refractivity contribution in [1.82, 2.24) is 9.13 Å². The first-order valence-electron chi connectivity index (χ1n) is 7.93. The fourth-order valence-corrected chi connectivity index (χ4v) is 3.56. The Kier molecular flexibility index (Phi) is 3.21. The minimum atomic E-state index is -0.563. The molecular weight excluding hydrogens is 322 g/mol. The Balaban J connectivity index is 2.10. The number of carbonyl (C=O) groups excluding carboxylic acids is 1. The molecule has 0 unspecified atom stereocenters. The molecule has 1 aromatic heterocycles. The summed E-state index contributed by atoms with van der Waals surface area (Å²) in [5.41, 5.74) is 2.43. The first-order chi connectivity index (χ1) is 11.9. The number of carbonyl (C=O) groups is 1. The minimum Gasteiger partial charge on any atom is -0.456 e. The van der Waals surface area contributed by atoms with Gasteiger partial charge in [0.2, 0.25) is 0 Å². The molecule has 2 aliphatic rings. The van der Waals surface area contributed by atoms with Crippen molar-refractivity contribution in [3.63, 3.8) is 0 Å². The quantitative estimate of drug-likeness (QED) is 0.776. The molecule has 3 heterocycles. The number of nitrogens with one attached hydrogen (secondary N) is 1. The van der Waals surface area contributed by atoms with Crippen LogP contribution in [-0.2, 0) is 23.6 Å². The lowest BCUT2D eigenvalue weighted by molar-refractivity contribution is -0.136. The molecule has 0 saturated carbocycles. The van der Waals surface area contributed by atoms with E-state index < -0.39 is 23.1 Å². The van der Waals surface area contributed by atoms with Crippen LogP contribution in [0.3, 0.4) is 0 Å². The SMILES string of the molecule is Cc1cccc([C@H]2C3=C(COC3=O)Nc3c2c(=O)n(C)c(=O)n3C)c1. The number of esters is 1. The molecule has 7 heteroatoms. The maximum atomic E-state index is 12.9. The highest BCUT2D eigenvalue weighted by Gasteiger charge is 2.41. The third kappa shape index (κ3) is 2.08. The Morgan fingerprint density at radius 3 is 2.64 bits per heavy atom. The molecule has 0 saturated heterocycles. The first-order valence-corrected chi connectivity index (χ1v) is 7.93. The third-order valence-corrected chi connectivity index (χ3v) is 4.81. The van der Waals surface area contributed by atoms with Crippen LogP contribution in [0.2, 0.25) is 0 Å². The van der Waals surface area contributed by atoms with Crippen LogP contribution in [0.5, 0.6) is 0 Å². The van der Waals surface area contributed by atoms with Gasteiger partial charge in [-0.2, -0.15) is 0 Å². The number of cyclic esters (lactones) is 1. The number of benzene rings is 1. The Morgan fingerprint density at radius 1 is 1.16 bits per heavy atom. The Labute approximate surface area is 143 Å². The average Bonchev–Trinajstić information content (AvgIpc) is 2.97. The van der Waals surface area contributed by atoms with E-state index in [9.17, 15) is 14.4 Å². The summed E-state index contributed by atoms with van der Waals surface area (Å²) in [7, 11) is 3.04. The molecular formula is C18H17N3O4. The van der Waals surface area contributed by atoms with E-state index in [1.165, 1.54) is 11.6 Å². The van der Waals surface area contributed by atoms with Gasteiger partial charge in [-0.25, -0.2) is 9.59 Å². The van der Waals surface area contributed by atoms with Gasteiger partial charge in [-0.3, -0.25) is 13.9 Å². The van der Waals surface area contributed by atoms with Gasteiger partial charge in [0.05, 0.1) is 22.8 Å². The normalized spacial score (nSPS) is 18.5. The number of aromatic nitrogens is 2. The van der Waals surface area contributed by atoms with Gasteiger partial charge in [0.1, 0.15) is 12.4 Å². The molecule has 0 aliphatic carbocycles. The number of hydrogen-bond acceptors (Lipinski definition) is 5. The van der Waals surface area contributed by atoms with Gasteiger partial charge in [0.25, 0.3) is 5.56 Å². The molecule has 1 atom stereocenters. The summed E-state index contributed by atoms with van der Waals surface area (Å²) in [5, 5.41) is 3.06. The monoisotopic (exact) mass is 339 g/mol. The summed E-state index contributed by atoms with van der Waals surface area (Å²) in [4.78, 5) is 37.5. The number of aryl methyl sites for hydroxylation is 1. The highest BCUT2D eigenvalue weighted by atomic mass is 16.5. The van der Waals surface area contributed by atoms with Crippen molar-refractivity contribution in [2.45, 2.75) is 12.8 Å². The molecule has 7 nitrogen and oxygen atoms in total. The highest BCUT2D eigenvalue weighted by molar-refractivity contribution is 5.96. The summed E-state index contributed by atoms with van der Waals surface area (Å²) in [6.07, 6.45) is 0. The topological polar surface area (TPSA) is 82.3 Å². The summed E-state index contributed by atoms with van der Waals surface area (Å²) < 4.78 is 7.64. The second-order valence-electron chi connectivity index (χ2n) is 6.41. The van der Waals surface area contributed by atoms with E-state index in [1.807, 2.05) is 31.2 Å². The summed E-state index contributed by atoms with van der Waals surface area (Å²) in [6.45, 7) is 2.06. The van der Waals surface area contributed by atoms with Crippen LogP contribution in [0.1, 0.15) is 22.6 Å². The van der Waals surface area contributed by atoms with Crippen molar-refractivity contribution in [1.29, 1.82) is 0 Å². The van der Waals surface area contributed by atoms with Gasteiger partial charge in [-0.15, -0.1) is 0 Å². The molecule has 2 aliphatic heterocycles. The van der Waals surface area contributed by atoms with Crippen LogP contribution in [0.4, 0.5) is 5.82 Å². The molecule has 0 amide bonds. The largest absolute Gasteiger partial charge is 0.456 e. The zero-order valence-corrected chi connectivity index (χ0v) is 14.1. The number of hydrogen-bond donors (Lipinski definition) is 1. The Bertz CT molecular complexity index is 1070. The molecule has 0 radical (unpaired) electrons. The predicted molar refractivity (Wildman–Crippen MR) is 91.6 cm³/mol. The number of fused-ring (bicyclic) bond motifs is 1. The number of nitrogens with zero attached hydrogens (tertiary/aromatic N) is 2. The average molecular weight is 339 g/mol. The molecule has 0 fully saturated rings. The first kappa shape index (κ1) is 15.4. The lowest BCUT2D eigenvalue weighted by Gasteiger charge is -2.28. The summed E-state index contributed by atoms with van der Waals surface area (Å²) in [6, 6.07) is 7.67. The highest BCUT2D eigenvalue weighted by Crippen LogP contribution is 2.42. The van der Waals surface area contributed by atoms with E-state index in [2.05, 4.69) is 5.32 Å². The van der Waals surface area contributed by atoms with E-state index in [4.69, 9.17) is 4.74 Å². The van der Waals surface area contributed by atoms with E-state index >= 15 is 0 Å². The van der Waals surface area contributed by atoms with Crippen molar-refractivity contribution in [3.05, 3.63) is 73.1 Å². The minimum absolute atomic E-state index is 0.110. The summed E-state index contributed by atoms with van der Waals surface area (Å²) >= 11 is 0. The number of anilines is 1. The summed E-state index contributed by atoms with van der Waals surface area (Å²) in [5.74, 6) is -0.584. The van der Waals surface area contributed by atoms with Gasteiger partial charge in [-0.05, 0) is 12.5 Å². The van der Waals surface area contributed by atoms with Crippen LogP contribution in [0, 0.1) is 6.92 Å². The Hall–Kier alpha value is -3.09. The number of ether oxygens (including phenoxy) is 1.